The quantitative estimate of drug-likeness (QED) is 0.838. The third-order valence-electron chi connectivity index (χ3n) is 4.43. The number of hydrogen-bond donors (Lipinski definition) is 2. The van der Waals surface area contributed by atoms with Crippen molar-refractivity contribution in [1.82, 2.24) is 0 Å². The molecule has 0 saturated heterocycles. The van der Waals surface area contributed by atoms with Gasteiger partial charge in [-0.2, -0.15) is 0 Å². The lowest BCUT2D eigenvalue weighted by atomic mass is 9.78. The van der Waals surface area contributed by atoms with Gasteiger partial charge in [0, 0.05) is 11.8 Å². The zero-order chi connectivity index (χ0) is 16.8. The molecule has 0 spiro atoms. The summed E-state index contributed by atoms with van der Waals surface area (Å²) in [5.41, 5.74) is 0.644. The van der Waals surface area contributed by atoms with Gasteiger partial charge in [0.05, 0.1) is 17.9 Å². The van der Waals surface area contributed by atoms with Gasteiger partial charge in [-0.15, -0.1) is 0 Å². The number of nitrogens with one attached hydrogen (secondary N) is 1. The monoisotopic (exact) mass is 319 g/mol. The standard InChI is InChI=1S/C18H25NO4/c1-3-12(2)23-14-8-6-7-13(11-14)19-17(20)15-9-4-5-10-16(15)18(21)22/h6-8,11-12,15-16H,3-5,9-10H2,1-2H3,(H,19,20)(H,21,22)/t12-,15-,16+/m0/s1. The van der Waals surface area contributed by atoms with Crippen LogP contribution in [0.5, 0.6) is 5.75 Å². The Morgan fingerprint density at radius 3 is 2.65 bits per heavy atom. The summed E-state index contributed by atoms with van der Waals surface area (Å²) in [5.74, 6) is -1.42. The molecule has 0 aromatic heterocycles. The zero-order valence-electron chi connectivity index (χ0n) is 13.7. The van der Waals surface area contributed by atoms with Crippen LogP contribution in [-0.4, -0.2) is 23.1 Å². The lowest BCUT2D eigenvalue weighted by Crippen LogP contribution is -2.36. The first kappa shape index (κ1) is 17.3. The van der Waals surface area contributed by atoms with E-state index in [2.05, 4.69) is 5.32 Å². The van der Waals surface area contributed by atoms with Crippen molar-refractivity contribution < 1.29 is 19.4 Å². The van der Waals surface area contributed by atoms with Crippen molar-refractivity contribution in [3.8, 4) is 5.75 Å². The Morgan fingerprint density at radius 2 is 2.00 bits per heavy atom. The van der Waals surface area contributed by atoms with Crippen molar-refractivity contribution >= 4 is 17.6 Å². The van der Waals surface area contributed by atoms with Gasteiger partial charge in [-0.25, -0.2) is 0 Å². The predicted octanol–water partition coefficient (Wildman–Crippen LogP) is 3.69. The van der Waals surface area contributed by atoms with Crippen LogP contribution in [0.4, 0.5) is 5.69 Å². The van der Waals surface area contributed by atoms with Gasteiger partial charge in [0.1, 0.15) is 5.75 Å². The van der Waals surface area contributed by atoms with Crippen molar-refractivity contribution in [3.63, 3.8) is 0 Å². The van der Waals surface area contributed by atoms with Gasteiger partial charge in [0.15, 0.2) is 0 Å². The van der Waals surface area contributed by atoms with Crippen LogP contribution >= 0.6 is 0 Å². The summed E-state index contributed by atoms with van der Waals surface area (Å²) in [6.07, 6.45) is 3.99. The van der Waals surface area contributed by atoms with Crippen LogP contribution in [0.25, 0.3) is 0 Å². The summed E-state index contributed by atoms with van der Waals surface area (Å²) < 4.78 is 5.75. The van der Waals surface area contributed by atoms with Crippen molar-refractivity contribution in [2.75, 3.05) is 5.32 Å². The first-order valence-electron chi connectivity index (χ1n) is 8.31. The number of rotatable bonds is 6. The van der Waals surface area contributed by atoms with Gasteiger partial charge in [-0.05, 0) is 38.3 Å². The van der Waals surface area contributed by atoms with E-state index >= 15 is 0 Å². The number of amides is 1. The van der Waals surface area contributed by atoms with Crippen molar-refractivity contribution in [1.29, 1.82) is 0 Å². The van der Waals surface area contributed by atoms with Crippen LogP contribution in [0.2, 0.25) is 0 Å². The molecular weight excluding hydrogens is 294 g/mol. The molecule has 1 aromatic carbocycles. The van der Waals surface area contributed by atoms with Gasteiger partial charge >= 0.3 is 5.97 Å². The lowest BCUT2D eigenvalue weighted by Gasteiger charge is -2.27. The van der Waals surface area contributed by atoms with Crippen LogP contribution in [0, 0.1) is 11.8 Å². The zero-order valence-corrected chi connectivity index (χ0v) is 13.7. The SMILES string of the molecule is CC[C@H](C)Oc1cccc(NC(=O)[C@H]2CCCC[C@H]2C(=O)O)c1. The van der Waals surface area contributed by atoms with E-state index in [1.54, 1.807) is 12.1 Å². The molecule has 0 unspecified atom stereocenters. The molecular formula is C18H25NO4. The molecule has 2 rings (SSSR count). The summed E-state index contributed by atoms with van der Waals surface area (Å²) >= 11 is 0. The summed E-state index contributed by atoms with van der Waals surface area (Å²) in [6, 6.07) is 7.24. The molecule has 126 valence electrons. The van der Waals surface area contributed by atoms with Crippen LogP contribution in [0.3, 0.4) is 0 Å². The average Bonchev–Trinajstić information content (AvgIpc) is 2.55. The van der Waals surface area contributed by atoms with Gasteiger partial charge in [-0.1, -0.05) is 25.8 Å². The first-order valence-corrected chi connectivity index (χ1v) is 8.31. The van der Waals surface area contributed by atoms with E-state index < -0.39 is 17.8 Å². The number of hydrogen-bond acceptors (Lipinski definition) is 3. The smallest absolute Gasteiger partial charge is 0.307 e. The average molecular weight is 319 g/mol. The maximum atomic E-state index is 12.5. The fourth-order valence-electron chi connectivity index (χ4n) is 2.94. The van der Waals surface area contributed by atoms with Crippen molar-refractivity contribution in [3.05, 3.63) is 24.3 Å². The molecule has 1 amide bonds. The second kappa shape index (κ2) is 7.99. The Kier molecular flexibility index (Phi) is 6.02. The molecule has 1 aliphatic rings. The molecule has 2 N–H and O–H groups in total. The second-order valence-corrected chi connectivity index (χ2v) is 6.19. The highest BCUT2D eigenvalue weighted by atomic mass is 16.5. The normalized spacial score (nSPS) is 22.2. The van der Waals surface area contributed by atoms with E-state index in [9.17, 15) is 14.7 Å². The molecule has 5 heteroatoms. The van der Waals surface area contributed by atoms with Crippen molar-refractivity contribution in [2.24, 2.45) is 11.8 Å². The van der Waals surface area contributed by atoms with E-state index in [-0.39, 0.29) is 12.0 Å². The number of carbonyl (C=O) groups excluding carboxylic acids is 1. The molecule has 0 heterocycles. The third-order valence-corrected chi connectivity index (χ3v) is 4.43. The minimum absolute atomic E-state index is 0.107. The van der Waals surface area contributed by atoms with Crippen LogP contribution in [0.15, 0.2) is 24.3 Å². The molecule has 1 aliphatic carbocycles. The Morgan fingerprint density at radius 1 is 1.30 bits per heavy atom. The van der Waals surface area contributed by atoms with Gasteiger partial charge in [0.2, 0.25) is 5.91 Å². The van der Waals surface area contributed by atoms with E-state index in [0.29, 0.717) is 24.3 Å². The van der Waals surface area contributed by atoms with Crippen LogP contribution < -0.4 is 10.1 Å². The highest BCUT2D eigenvalue weighted by Crippen LogP contribution is 2.31. The Balaban J connectivity index is 2.04. The summed E-state index contributed by atoms with van der Waals surface area (Å²) in [7, 11) is 0. The molecule has 3 atom stereocenters. The van der Waals surface area contributed by atoms with E-state index in [4.69, 9.17) is 4.74 Å². The fraction of sp³-hybridized carbons (Fsp3) is 0.556. The number of anilines is 1. The number of carboxylic acids is 1. The molecule has 1 saturated carbocycles. The highest BCUT2D eigenvalue weighted by molar-refractivity contribution is 5.95. The highest BCUT2D eigenvalue weighted by Gasteiger charge is 2.35. The van der Waals surface area contributed by atoms with Crippen molar-refractivity contribution in [2.45, 2.75) is 52.1 Å². The Hall–Kier alpha value is -2.04. The third kappa shape index (κ3) is 4.71. The molecule has 5 nitrogen and oxygen atoms in total. The lowest BCUT2D eigenvalue weighted by molar-refractivity contribution is -0.147. The molecule has 23 heavy (non-hydrogen) atoms. The number of benzene rings is 1. The fourth-order valence-corrected chi connectivity index (χ4v) is 2.94. The predicted molar refractivity (Wildman–Crippen MR) is 88.5 cm³/mol. The van der Waals surface area contributed by atoms with Gasteiger partial charge in [-0.3, -0.25) is 9.59 Å². The number of ether oxygens (including phenoxy) is 1. The first-order chi connectivity index (χ1) is 11.0. The van der Waals surface area contributed by atoms with E-state index in [1.165, 1.54) is 0 Å². The molecule has 0 bridgehead atoms. The van der Waals surface area contributed by atoms with Crippen LogP contribution in [-0.2, 0) is 9.59 Å². The van der Waals surface area contributed by atoms with E-state index in [0.717, 1.165) is 19.3 Å². The van der Waals surface area contributed by atoms with Crippen LogP contribution in [0.1, 0.15) is 46.0 Å². The number of carbonyl (C=O) groups is 2. The summed E-state index contributed by atoms with van der Waals surface area (Å²) in [6.45, 7) is 4.04. The maximum Gasteiger partial charge on any atom is 0.307 e. The second-order valence-electron chi connectivity index (χ2n) is 6.19. The van der Waals surface area contributed by atoms with E-state index in [1.807, 2.05) is 26.0 Å². The summed E-state index contributed by atoms with van der Waals surface area (Å²) in [5, 5.41) is 12.1. The maximum absolute atomic E-state index is 12.5. The van der Waals surface area contributed by atoms with Gasteiger partial charge in [0.25, 0.3) is 0 Å². The minimum Gasteiger partial charge on any atom is -0.491 e. The molecule has 0 radical (unpaired) electrons. The Labute approximate surface area is 137 Å². The largest absolute Gasteiger partial charge is 0.491 e. The van der Waals surface area contributed by atoms with Gasteiger partial charge < -0.3 is 15.2 Å². The number of carboxylic acid groups (broad SMARTS) is 1. The minimum atomic E-state index is -0.876. The molecule has 1 fully saturated rings. The Bertz CT molecular complexity index is 558. The number of aliphatic carboxylic acids is 1. The molecule has 0 aliphatic heterocycles. The summed E-state index contributed by atoms with van der Waals surface area (Å²) in [4.78, 5) is 23.8. The molecule has 1 aromatic rings. The topological polar surface area (TPSA) is 75.6 Å².